The first-order valence-corrected chi connectivity index (χ1v) is 6.53. The van der Waals surface area contributed by atoms with Crippen LogP contribution in [0.2, 0.25) is 0 Å². The third-order valence-electron chi connectivity index (χ3n) is 3.08. The molecule has 1 heterocycles. The highest BCUT2D eigenvalue weighted by molar-refractivity contribution is 5.92. The highest BCUT2D eigenvalue weighted by atomic mass is 19.1. The zero-order valence-corrected chi connectivity index (χ0v) is 11.3. The maximum absolute atomic E-state index is 13.0. The van der Waals surface area contributed by atoms with E-state index in [0.29, 0.717) is 23.4 Å². The molecule has 0 saturated carbocycles. The SMILES string of the molecule is CCC(=O)Oc1ccc2c(-c3ccc(F)cc3)noc2c1. The van der Waals surface area contributed by atoms with Crippen LogP contribution in [0.1, 0.15) is 13.3 Å². The van der Waals surface area contributed by atoms with Gasteiger partial charge < -0.3 is 9.26 Å². The van der Waals surface area contributed by atoms with Gasteiger partial charge in [0.1, 0.15) is 17.3 Å². The summed E-state index contributed by atoms with van der Waals surface area (Å²) in [5.74, 6) is -0.205. The molecule has 21 heavy (non-hydrogen) atoms. The van der Waals surface area contributed by atoms with E-state index in [9.17, 15) is 9.18 Å². The molecule has 0 aliphatic carbocycles. The molecule has 5 heteroatoms. The Morgan fingerprint density at radius 1 is 1.24 bits per heavy atom. The summed E-state index contributed by atoms with van der Waals surface area (Å²) in [6.45, 7) is 1.72. The summed E-state index contributed by atoms with van der Waals surface area (Å²) >= 11 is 0. The molecule has 0 atom stereocenters. The summed E-state index contributed by atoms with van der Waals surface area (Å²) < 4.78 is 23.3. The van der Waals surface area contributed by atoms with Crippen LogP contribution < -0.4 is 4.74 Å². The number of nitrogens with zero attached hydrogens (tertiary/aromatic N) is 1. The second kappa shape index (κ2) is 5.36. The highest BCUT2D eigenvalue weighted by Gasteiger charge is 2.12. The van der Waals surface area contributed by atoms with E-state index in [-0.39, 0.29) is 11.8 Å². The van der Waals surface area contributed by atoms with Crippen LogP contribution in [0.4, 0.5) is 4.39 Å². The largest absolute Gasteiger partial charge is 0.426 e. The number of carbonyl (C=O) groups is 1. The van der Waals surface area contributed by atoms with E-state index < -0.39 is 0 Å². The summed E-state index contributed by atoms with van der Waals surface area (Å²) in [5.41, 5.74) is 1.89. The molecule has 0 saturated heterocycles. The van der Waals surface area contributed by atoms with Crippen LogP contribution in [0.15, 0.2) is 47.0 Å². The monoisotopic (exact) mass is 285 g/mol. The van der Waals surface area contributed by atoms with Crippen molar-refractivity contribution >= 4 is 16.9 Å². The minimum absolute atomic E-state index is 0.301. The molecule has 3 rings (SSSR count). The van der Waals surface area contributed by atoms with Gasteiger partial charge in [0.2, 0.25) is 0 Å². The smallest absolute Gasteiger partial charge is 0.310 e. The minimum Gasteiger partial charge on any atom is -0.426 e. The van der Waals surface area contributed by atoms with E-state index in [4.69, 9.17) is 9.26 Å². The molecule has 0 amide bonds. The van der Waals surface area contributed by atoms with Crippen molar-refractivity contribution < 1.29 is 18.4 Å². The lowest BCUT2D eigenvalue weighted by molar-refractivity contribution is -0.134. The molecule has 2 aromatic carbocycles. The second-order valence-electron chi connectivity index (χ2n) is 4.52. The summed E-state index contributed by atoms with van der Waals surface area (Å²) in [5, 5.41) is 4.77. The van der Waals surface area contributed by atoms with E-state index in [2.05, 4.69) is 5.16 Å². The molecule has 1 aromatic heterocycles. The molecule has 0 spiro atoms. The molecule has 0 aliphatic rings. The fourth-order valence-electron chi connectivity index (χ4n) is 2.00. The van der Waals surface area contributed by atoms with Crippen molar-refractivity contribution in [3.05, 3.63) is 48.3 Å². The lowest BCUT2D eigenvalue weighted by Crippen LogP contribution is -2.05. The molecule has 0 unspecified atom stereocenters. The Labute approximate surface area is 120 Å². The van der Waals surface area contributed by atoms with Gasteiger partial charge in [-0.3, -0.25) is 4.79 Å². The Balaban J connectivity index is 1.99. The van der Waals surface area contributed by atoms with Crippen molar-refractivity contribution in [3.8, 4) is 17.0 Å². The van der Waals surface area contributed by atoms with Crippen molar-refractivity contribution in [1.29, 1.82) is 0 Å². The van der Waals surface area contributed by atoms with Crippen LogP contribution in [0.3, 0.4) is 0 Å². The van der Waals surface area contributed by atoms with E-state index in [1.807, 2.05) is 0 Å². The van der Waals surface area contributed by atoms with Crippen LogP contribution in [0.25, 0.3) is 22.2 Å². The second-order valence-corrected chi connectivity index (χ2v) is 4.52. The fraction of sp³-hybridized carbons (Fsp3) is 0.125. The number of halogens is 1. The van der Waals surface area contributed by atoms with Crippen molar-refractivity contribution in [3.63, 3.8) is 0 Å². The summed E-state index contributed by atoms with van der Waals surface area (Å²) in [6, 6.07) is 11.1. The lowest BCUT2D eigenvalue weighted by atomic mass is 10.1. The Bertz CT molecular complexity index is 793. The van der Waals surface area contributed by atoms with Gasteiger partial charge in [-0.25, -0.2) is 4.39 Å². The van der Waals surface area contributed by atoms with Crippen LogP contribution in [0, 0.1) is 5.82 Å². The quantitative estimate of drug-likeness (QED) is 0.540. The Morgan fingerprint density at radius 3 is 2.71 bits per heavy atom. The number of ether oxygens (including phenoxy) is 1. The first-order chi connectivity index (χ1) is 10.2. The first-order valence-electron chi connectivity index (χ1n) is 6.53. The number of fused-ring (bicyclic) bond motifs is 1. The predicted molar refractivity (Wildman–Crippen MR) is 75.3 cm³/mol. The number of aromatic nitrogens is 1. The summed E-state index contributed by atoms with van der Waals surface area (Å²) in [6.07, 6.45) is 0.301. The van der Waals surface area contributed by atoms with Crippen LogP contribution in [-0.2, 0) is 4.79 Å². The average molecular weight is 285 g/mol. The lowest BCUT2D eigenvalue weighted by Gasteiger charge is -2.01. The van der Waals surface area contributed by atoms with Crippen LogP contribution in [-0.4, -0.2) is 11.1 Å². The zero-order chi connectivity index (χ0) is 14.8. The highest BCUT2D eigenvalue weighted by Crippen LogP contribution is 2.30. The third-order valence-corrected chi connectivity index (χ3v) is 3.08. The van der Waals surface area contributed by atoms with Crippen molar-refractivity contribution in [2.24, 2.45) is 0 Å². The van der Waals surface area contributed by atoms with E-state index in [1.165, 1.54) is 12.1 Å². The fourth-order valence-corrected chi connectivity index (χ4v) is 2.00. The minimum atomic E-state index is -0.312. The molecule has 0 fully saturated rings. The van der Waals surface area contributed by atoms with E-state index >= 15 is 0 Å². The van der Waals surface area contributed by atoms with Crippen molar-refractivity contribution in [1.82, 2.24) is 5.16 Å². The van der Waals surface area contributed by atoms with Gasteiger partial charge in [-0.05, 0) is 36.4 Å². The number of benzene rings is 2. The molecule has 106 valence electrons. The van der Waals surface area contributed by atoms with Gasteiger partial charge in [0, 0.05) is 23.4 Å². The van der Waals surface area contributed by atoms with Gasteiger partial charge >= 0.3 is 5.97 Å². The number of esters is 1. The number of hydrogen-bond donors (Lipinski definition) is 0. The van der Waals surface area contributed by atoms with Crippen molar-refractivity contribution in [2.45, 2.75) is 13.3 Å². The molecule has 4 nitrogen and oxygen atoms in total. The molecule has 0 radical (unpaired) electrons. The first kappa shape index (κ1) is 13.3. The molecular formula is C16H12FNO3. The predicted octanol–water partition coefficient (Wildman–Crippen LogP) is 3.95. The number of hydrogen-bond acceptors (Lipinski definition) is 4. The Hall–Kier alpha value is -2.69. The number of carbonyl (C=O) groups excluding carboxylic acids is 1. The van der Waals surface area contributed by atoms with E-state index in [0.717, 1.165) is 10.9 Å². The number of rotatable bonds is 3. The van der Waals surface area contributed by atoms with Crippen molar-refractivity contribution in [2.75, 3.05) is 0 Å². The van der Waals surface area contributed by atoms with Gasteiger partial charge in [-0.2, -0.15) is 0 Å². The third kappa shape index (κ3) is 2.63. The normalized spacial score (nSPS) is 10.8. The van der Waals surface area contributed by atoms with E-state index in [1.54, 1.807) is 37.3 Å². The topological polar surface area (TPSA) is 52.3 Å². The molecular weight excluding hydrogens is 273 g/mol. The van der Waals surface area contributed by atoms with Gasteiger partial charge in [0.25, 0.3) is 0 Å². The molecule has 3 aromatic rings. The van der Waals surface area contributed by atoms with Crippen LogP contribution in [0.5, 0.6) is 5.75 Å². The van der Waals surface area contributed by atoms with Gasteiger partial charge in [0.15, 0.2) is 5.58 Å². The van der Waals surface area contributed by atoms with Gasteiger partial charge in [-0.1, -0.05) is 12.1 Å². The maximum atomic E-state index is 13.0. The maximum Gasteiger partial charge on any atom is 0.310 e. The van der Waals surface area contributed by atoms with Gasteiger partial charge in [0.05, 0.1) is 0 Å². The zero-order valence-electron chi connectivity index (χ0n) is 11.3. The standard InChI is InChI=1S/C16H12FNO3/c1-2-15(19)20-12-7-8-13-14(9-12)21-18-16(13)10-3-5-11(17)6-4-10/h3-9H,2H2,1H3. The van der Waals surface area contributed by atoms with Gasteiger partial charge in [-0.15, -0.1) is 0 Å². The summed E-state index contributed by atoms with van der Waals surface area (Å²) in [4.78, 5) is 11.3. The molecule has 0 bridgehead atoms. The Kier molecular flexibility index (Phi) is 3.39. The summed E-state index contributed by atoms with van der Waals surface area (Å²) in [7, 11) is 0. The molecule has 0 N–H and O–H groups in total. The Morgan fingerprint density at radius 2 is 2.00 bits per heavy atom. The van der Waals surface area contributed by atoms with Crippen LogP contribution >= 0.6 is 0 Å². The molecule has 0 aliphatic heterocycles. The average Bonchev–Trinajstić information content (AvgIpc) is 2.91.